The quantitative estimate of drug-likeness (QED) is 0.775. The van der Waals surface area contributed by atoms with Crippen molar-refractivity contribution in [3.8, 4) is 0 Å². The summed E-state index contributed by atoms with van der Waals surface area (Å²) < 4.78 is 4.54. The fourth-order valence-corrected chi connectivity index (χ4v) is 1.63. The molecule has 1 aliphatic carbocycles. The summed E-state index contributed by atoms with van der Waals surface area (Å²) in [5.74, 6) is 0.468. The van der Waals surface area contributed by atoms with Crippen LogP contribution in [0.1, 0.15) is 17.9 Å². The van der Waals surface area contributed by atoms with Crippen LogP contribution in [0.2, 0.25) is 0 Å². The number of carbonyl (C=O) groups excluding carboxylic acids is 1. The Morgan fingerprint density at radius 3 is 2.79 bits per heavy atom. The van der Waals surface area contributed by atoms with Crippen molar-refractivity contribution in [2.45, 2.75) is 18.4 Å². The van der Waals surface area contributed by atoms with Crippen molar-refractivity contribution in [3.05, 3.63) is 35.9 Å². The highest BCUT2D eigenvalue weighted by atomic mass is 16.5. The van der Waals surface area contributed by atoms with Crippen LogP contribution in [0, 0.1) is 0 Å². The average molecular weight is 191 g/mol. The van der Waals surface area contributed by atoms with Gasteiger partial charge in [-0.3, -0.25) is 0 Å². The highest BCUT2D eigenvalue weighted by Gasteiger charge is 2.39. The summed E-state index contributed by atoms with van der Waals surface area (Å²) in [6.07, 6.45) is 0.674. The molecule has 0 heterocycles. The van der Waals surface area contributed by atoms with E-state index >= 15 is 0 Å². The van der Waals surface area contributed by atoms with Crippen molar-refractivity contribution < 1.29 is 9.53 Å². The highest BCUT2D eigenvalue weighted by molar-refractivity contribution is 5.68. The zero-order valence-electron chi connectivity index (χ0n) is 8.07. The third-order valence-electron chi connectivity index (χ3n) is 2.51. The van der Waals surface area contributed by atoms with Crippen LogP contribution >= 0.6 is 0 Å². The highest BCUT2D eigenvalue weighted by Crippen LogP contribution is 2.40. The van der Waals surface area contributed by atoms with E-state index in [0.717, 1.165) is 6.42 Å². The molecule has 1 amide bonds. The third kappa shape index (κ3) is 1.87. The van der Waals surface area contributed by atoms with E-state index in [0.29, 0.717) is 5.92 Å². The average Bonchev–Trinajstić information content (AvgIpc) is 2.98. The molecule has 2 rings (SSSR count). The number of benzene rings is 1. The summed E-state index contributed by atoms with van der Waals surface area (Å²) >= 11 is 0. The molecule has 3 heteroatoms. The van der Waals surface area contributed by atoms with Gasteiger partial charge in [-0.15, -0.1) is 0 Å². The molecular weight excluding hydrogens is 178 g/mol. The second-order valence-electron chi connectivity index (χ2n) is 3.50. The molecule has 0 aliphatic heterocycles. The summed E-state index contributed by atoms with van der Waals surface area (Å²) in [6.45, 7) is 0. The second kappa shape index (κ2) is 3.70. The van der Waals surface area contributed by atoms with Crippen LogP contribution in [0.3, 0.4) is 0 Å². The number of carbonyl (C=O) groups is 1. The molecule has 0 bridgehead atoms. The molecule has 0 saturated heterocycles. The van der Waals surface area contributed by atoms with E-state index in [1.807, 2.05) is 18.2 Å². The van der Waals surface area contributed by atoms with Crippen LogP contribution in [0.5, 0.6) is 0 Å². The maximum atomic E-state index is 10.9. The third-order valence-corrected chi connectivity index (χ3v) is 2.51. The number of ether oxygens (including phenoxy) is 1. The second-order valence-corrected chi connectivity index (χ2v) is 3.50. The summed E-state index contributed by atoms with van der Waals surface area (Å²) in [7, 11) is 1.38. The Morgan fingerprint density at radius 2 is 2.14 bits per heavy atom. The van der Waals surface area contributed by atoms with E-state index in [2.05, 4.69) is 22.2 Å². The molecule has 1 saturated carbocycles. The molecule has 1 aromatic rings. The maximum Gasteiger partial charge on any atom is 0.407 e. The lowest BCUT2D eigenvalue weighted by atomic mass is 10.1. The van der Waals surface area contributed by atoms with Crippen LogP contribution in [0.25, 0.3) is 0 Å². The first kappa shape index (κ1) is 9.06. The lowest BCUT2D eigenvalue weighted by molar-refractivity contribution is 0.170. The molecule has 0 aromatic heterocycles. The Labute approximate surface area is 83.1 Å². The van der Waals surface area contributed by atoms with E-state index in [4.69, 9.17) is 0 Å². The summed E-state index contributed by atoms with van der Waals surface area (Å²) in [4.78, 5) is 10.9. The topological polar surface area (TPSA) is 38.3 Å². The molecule has 1 N–H and O–H groups in total. The molecule has 0 unspecified atom stereocenters. The summed E-state index contributed by atoms with van der Waals surface area (Å²) in [5.41, 5.74) is 1.29. The smallest absolute Gasteiger partial charge is 0.407 e. The maximum absolute atomic E-state index is 10.9. The van der Waals surface area contributed by atoms with Crippen molar-refractivity contribution in [2.24, 2.45) is 0 Å². The summed E-state index contributed by atoms with van der Waals surface area (Å²) in [6, 6.07) is 10.5. The van der Waals surface area contributed by atoms with Gasteiger partial charge in [0, 0.05) is 12.0 Å². The molecule has 74 valence electrons. The largest absolute Gasteiger partial charge is 0.453 e. The van der Waals surface area contributed by atoms with Gasteiger partial charge in [0.15, 0.2) is 0 Å². The van der Waals surface area contributed by atoms with Crippen molar-refractivity contribution >= 4 is 6.09 Å². The molecule has 2 atom stereocenters. The predicted octanol–water partition coefficient (Wildman–Crippen LogP) is 1.90. The SMILES string of the molecule is COC(=O)N[C@@H]1C[C@@H]1c1ccccc1. The van der Waals surface area contributed by atoms with Gasteiger partial charge in [0.25, 0.3) is 0 Å². The molecule has 1 aromatic carbocycles. The Balaban J connectivity index is 1.91. The number of nitrogens with one attached hydrogen (secondary N) is 1. The number of rotatable bonds is 2. The van der Waals surface area contributed by atoms with Gasteiger partial charge in [-0.05, 0) is 12.0 Å². The lowest BCUT2D eigenvalue weighted by Gasteiger charge is -2.02. The van der Waals surface area contributed by atoms with Crippen LogP contribution < -0.4 is 5.32 Å². The lowest BCUT2D eigenvalue weighted by Crippen LogP contribution is -2.26. The molecule has 1 aliphatic rings. The number of hydrogen-bond donors (Lipinski definition) is 1. The minimum atomic E-state index is -0.339. The normalized spacial score (nSPS) is 24.1. The van der Waals surface area contributed by atoms with Gasteiger partial charge in [-0.2, -0.15) is 0 Å². The molecule has 1 fully saturated rings. The Hall–Kier alpha value is -1.51. The number of amides is 1. The van der Waals surface area contributed by atoms with Gasteiger partial charge in [0.05, 0.1) is 7.11 Å². The van der Waals surface area contributed by atoms with Gasteiger partial charge in [-0.1, -0.05) is 30.3 Å². The molecule has 14 heavy (non-hydrogen) atoms. The van der Waals surface area contributed by atoms with E-state index in [1.165, 1.54) is 12.7 Å². The Bertz CT molecular complexity index is 323. The van der Waals surface area contributed by atoms with Gasteiger partial charge in [0.1, 0.15) is 0 Å². The number of hydrogen-bond acceptors (Lipinski definition) is 2. The zero-order chi connectivity index (χ0) is 9.97. The Kier molecular flexibility index (Phi) is 2.39. The first-order chi connectivity index (χ1) is 6.81. The van der Waals surface area contributed by atoms with Gasteiger partial charge >= 0.3 is 6.09 Å². The minimum Gasteiger partial charge on any atom is -0.453 e. The van der Waals surface area contributed by atoms with Gasteiger partial charge < -0.3 is 10.1 Å². The van der Waals surface area contributed by atoms with Crippen molar-refractivity contribution in [2.75, 3.05) is 7.11 Å². The Morgan fingerprint density at radius 1 is 1.43 bits per heavy atom. The monoisotopic (exact) mass is 191 g/mol. The van der Waals surface area contributed by atoms with E-state index in [1.54, 1.807) is 0 Å². The fourth-order valence-electron chi connectivity index (χ4n) is 1.63. The van der Waals surface area contributed by atoms with E-state index in [9.17, 15) is 4.79 Å². The minimum absolute atomic E-state index is 0.254. The first-order valence-electron chi connectivity index (χ1n) is 4.70. The standard InChI is InChI=1S/C11H13NO2/c1-14-11(13)12-10-7-9(10)8-5-3-2-4-6-8/h2-6,9-10H,7H2,1H3,(H,12,13)/t9-,10-/m1/s1. The van der Waals surface area contributed by atoms with Crippen LogP contribution in [-0.2, 0) is 4.74 Å². The molecule has 0 spiro atoms. The zero-order valence-corrected chi connectivity index (χ0v) is 8.07. The van der Waals surface area contributed by atoms with E-state index < -0.39 is 0 Å². The van der Waals surface area contributed by atoms with Crippen LogP contribution in [0.15, 0.2) is 30.3 Å². The predicted molar refractivity (Wildman–Crippen MR) is 53.1 cm³/mol. The fraction of sp³-hybridized carbons (Fsp3) is 0.364. The van der Waals surface area contributed by atoms with Crippen LogP contribution in [-0.4, -0.2) is 19.2 Å². The van der Waals surface area contributed by atoms with Crippen LogP contribution in [0.4, 0.5) is 4.79 Å². The van der Waals surface area contributed by atoms with Crippen molar-refractivity contribution in [1.29, 1.82) is 0 Å². The molecular formula is C11H13NO2. The first-order valence-corrected chi connectivity index (χ1v) is 4.70. The van der Waals surface area contributed by atoms with Crippen molar-refractivity contribution in [3.63, 3.8) is 0 Å². The van der Waals surface area contributed by atoms with Gasteiger partial charge in [0.2, 0.25) is 0 Å². The summed E-state index contributed by atoms with van der Waals surface area (Å²) in [5, 5.41) is 2.79. The number of methoxy groups -OCH3 is 1. The number of alkyl carbamates (subject to hydrolysis) is 1. The molecule has 0 radical (unpaired) electrons. The van der Waals surface area contributed by atoms with E-state index in [-0.39, 0.29) is 12.1 Å². The van der Waals surface area contributed by atoms with Crippen molar-refractivity contribution in [1.82, 2.24) is 5.32 Å². The van der Waals surface area contributed by atoms with Gasteiger partial charge in [-0.25, -0.2) is 4.79 Å². The molecule has 3 nitrogen and oxygen atoms in total.